The van der Waals surface area contributed by atoms with E-state index in [9.17, 15) is 18.7 Å². The second kappa shape index (κ2) is 11.0. The van der Waals surface area contributed by atoms with Crippen molar-refractivity contribution in [1.82, 2.24) is 14.7 Å². The molecule has 1 fully saturated rings. The Balaban J connectivity index is 1.69. The highest BCUT2D eigenvalue weighted by Gasteiger charge is 2.47. The van der Waals surface area contributed by atoms with Crippen LogP contribution in [0, 0.1) is 11.6 Å². The number of carbonyl (C=O) groups is 1. The zero-order valence-corrected chi connectivity index (χ0v) is 20.8. The molecule has 2 amide bonds. The highest BCUT2D eigenvalue weighted by atomic mass is 19.1. The highest BCUT2D eigenvalue weighted by molar-refractivity contribution is 5.83. The largest absolute Gasteiger partial charge is 0.393 e. The molecule has 4 rings (SSSR count). The number of likely N-dealkylation sites (tertiary alicyclic amines) is 1. The Labute approximate surface area is 210 Å². The SMILES string of the molecule is CCCN1CCCC(N(C)C(=O)N2CC(c3cc(F)ccc3F)=C[C@@]2(CO)c2ccccc2)C(F)C1. The first kappa shape index (κ1) is 26.2. The second-order valence-corrected chi connectivity index (χ2v) is 9.75. The van der Waals surface area contributed by atoms with Crippen LogP contribution < -0.4 is 0 Å². The number of carbonyl (C=O) groups excluding carboxylic acids is 1. The van der Waals surface area contributed by atoms with E-state index >= 15 is 4.39 Å². The van der Waals surface area contributed by atoms with Gasteiger partial charge in [0.15, 0.2) is 0 Å². The number of hydrogen-bond donors (Lipinski definition) is 1. The minimum Gasteiger partial charge on any atom is -0.393 e. The molecular weight excluding hydrogens is 467 g/mol. The molecule has 194 valence electrons. The fourth-order valence-electron chi connectivity index (χ4n) is 5.51. The van der Waals surface area contributed by atoms with Crippen LogP contribution in [0.25, 0.3) is 5.57 Å². The van der Waals surface area contributed by atoms with Crippen LogP contribution in [0.5, 0.6) is 0 Å². The van der Waals surface area contributed by atoms with Crippen molar-refractivity contribution in [3.8, 4) is 0 Å². The zero-order valence-electron chi connectivity index (χ0n) is 20.8. The molecule has 2 aliphatic heterocycles. The maximum Gasteiger partial charge on any atom is 0.321 e. The first-order valence-corrected chi connectivity index (χ1v) is 12.5. The van der Waals surface area contributed by atoms with E-state index in [0.29, 0.717) is 17.6 Å². The van der Waals surface area contributed by atoms with Crippen molar-refractivity contribution in [2.24, 2.45) is 0 Å². The second-order valence-electron chi connectivity index (χ2n) is 9.75. The lowest BCUT2D eigenvalue weighted by Gasteiger charge is -2.41. The Morgan fingerprint density at radius 1 is 1.19 bits per heavy atom. The molecule has 8 heteroatoms. The third-order valence-electron chi connectivity index (χ3n) is 7.41. The van der Waals surface area contributed by atoms with Crippen LogP contribution in [0.3, 0.4) is 0 Å². The highest BCUT2D eigenvalue weighted by Crippen LogP contribution is 2.41. The Bertz CT molecular complexity index is 1100. The van der Waals surface area contributed by atoms with E-state index in [1.807, 2.05) is 6.07 Å². The maximum absolute atomic E-state index is 15.4. The summed E-state index contributed by atoms with van der Waals surface area (Å²) >= 11 is 0. The lowest BCUT2D eigenvalue weighted by atomic mass is 9.89. The van der Waals surface area contributed by atoms with E-state index in [-0.39, 0.29) is 18.7 Å². The van der Waals surface area contributed by atoms with Gasteiger partial charge in [-0.2, -0.15) is 0 Å². The molecule has 0 aliphatic carbocycles. The number of amides is 2. The van der Waals surface area contributed by atoms with Crippen LogP contribution in [-0.2, 0) is 5.54 Å². The summed E-state index contributed by atoms with van der Waals surface area (Å²) < 4.78 is 44.1. The van der Waals surface area contributed by atoms with E-state index in [0.717, 1.165) is 44.1 Å². The molecule has 2 heterocycles. The Kier molecular flexibility index (Phi) is 8.05. The number of benzene rings is 2. The van der Waals surface area contributed by atoms with Crippen molar-refractivity contribution in [1.29, 1.82) is 0 Å². The van der Waals surface area contributed by atoms with Gasteiger partial charge in [-0.15, -0.1) is 0 Å². The monoisotopic (exact) mass is 501 g/mol. The molecule has 2 aromatic carbocycles. The fraction of sp³-hybridized carbons (Fsp3) is 0.464. The number of aliphatic hydroxyl groups is 1. The summed E-state index contributed by atoms with van der Waals surface area (Å²) in [4.78, 5) is 18.9. The van der Waals surface area contributed by atoms with Crippen LogP contribution in [0.4, 0.5) is 18.0 Å². The van der Waals surface area contributed by atoms with Crippen LogP contribution >= 0.6 is 0 Å². The van der Waals surface area contributed by atoms with Gasteiger partial charge in [0.05, 0.1) is 12.6 Å². The normalized spacial score (nSPS) is 24.9. The number of rotatable bonds is 6. The summed E-state index contributed by atoms with van der Waals surface area (Å²) in [7, 11) is 1.59. The van der Waals surface area contributed by atoms with Crippen molar-refractivity contribution in [2.75, 3.05) is 39.8 Å². The molecule has 3 atom stereocenters. The smallest absolute Gasteiger partial charge is 0.321 e. The molecule has 0 spiro atoms. The molecule has 2 aromatic rings. The lowest BCUT2D eigenvalue weighted by molar-refractivity contribution is 0.0636. The van der Waals surface area contributed by atoms with Gasteiger partial charge in [0.2, 0.25) is 0 Å². The van der Waals surface area contributed by atoms with Gasteiger partial charge in [0.25, 0.3) is 0 Å². The molecule has 0 aromatic heterocycles. The van der Waals surface area contributed by atoms with Crippen LogP contribution in [-0.4, -0.2) is 77.9 Å². The van der Waals surface area contributed by atoms with Crippen molar-refractivity contribution >= 4 is 11.6 Å². The van der Waals surface area contributed by atoms with Crippen molar-refractivity contribution < 1.29 is 23.1 Å². The Morgan fingerprint density at radius 3 is 2.64 bits per heavy atom. The predicted octanol–water partition coefficient (Wildman–Crippen LogP) is 4.82. The van der Waals surface area contributed by atoms with E-state index < -0.39 is 42.0 Å². The minimum atomic E-state index is -1.30. The van der Waals surface area contributed by atoms with E-state index in [1.165, 1.54) is 9.80 Å². The fourth-order valence-corrected chi connectivity index (χ4v) is 5.51. The van der Waals surface area contributed by atoms with Crippen molar-refractivity contribution in [2.45, 2.75) is 43.9 Å². The average Bonchev–Trinajstić information content (AvgIpc) is 3.18. The molecule has 1 saturated heterocycles. The van der Waals surface area contributed by atoms with E-state index in [1.54, 1.807) is 37.4 Å². The third kappa shape index (κ3) is 5.02. The van der Waals surface area contributed by atoms with Gasteiger partial charge in [0, 0.05) is 25.7 Å². The molecule has 0 radical (unpaired) electrons. The first-order valence-electron chi connectivity index (χ1n) is 12.5. The predicted molar refractivity (Wildman–Crippen MR) is 134 cm³/mol. The van der Waals surface area contributed by atoms with Crippen LogP contribution in [0.1, 0.15) is 37.3 Å². The quantitative estimate of drug-likeness (QED) is 0.618. The van der Waals surface area contributed by atoms with Gasteiger partial charge < -0.3 is 19.8 Å². The summed E-state index contributed by atoms with van der Waals surface area (Å²) in [6.45, 7) is 3.40. The van der Waals surface area contributed by atoms with Crippen LogP contribution in [0.15, 0.2) is 54.6 Å². The molecule has 0 saturated carbocycles. The van der Waals surface area contributed by atoms with Gasteiger partial charge in [-0.1, -0.05) is 37.3 Å². The molecule has 36 heavy (non-hydrogen) atoms. The van der Waals surface area contributed by atoms with Gasteiger partial charge >= 0.3 is 6.03 Å². The number of urea groups is 1. The topological polar surface area (TPSA) is 47.0 Å². The molecule has 0 bridgehead atoms. The molecule has 2 unspecified atom stereocenters. The molecule has 1 N–H and O–H groups in total. The van der Waals surface area contributed by atoms with Gasteiger partial charge in [-0.3, -0.25) is 0 Å². The maximum atomic E-state index is 15.4. The summed E-state index contributed by atoms with van der Waals surface area (Å²) in [5, 5.41) is 10.7. The Hall–Kier alpha value is -2.84. The number of hydrogen-bond acceptors (Lipinski definition) is 3. The van der Waals surface area contributed by atoms with Gasteiger partial charge in [0.1, 0.15) is 23.3 Å². The number of halogens is 3. The number of nitrogens with zero attached hydrogens (tertiary/aromatic N) is 3. The zero-order chi connectivity index (χ0) is 25.9. The molecule has 2 aliphatic rings. The van der Waals surface area contributed by atoms with E-state index in [4.69, 9.17) is 0 Å². The molecule has 5 nitrogen and oxygen atoms in total. The van der Waals surface area contributed by atoms with Crippen molar-refractivity contribution in [3.63, 3.8) is 0 Å². The van der Waals surface area contributed by atoms with Gasteiger partial charge in [-0.25, -0.2) is 18.0 Å². The van der Waals surface area contributed by atoms with Crippen LogP contribution in [0.2, 0.25) is 0 Å². The number of alkyl halides is 1. The lowest BCUT2D eigenvalue weighted by Crippen LogP contribution is -2.56. The first-order chi connectivity index (χ1) is 17.3. The standard InChI is InChI=1S/C28H34F3N3O2/c1-3-13-33-14-7-10-26(25(31)18-33)32(2)27(36)34-17-20(23-15-22(29)11-12-24(23)30)16-28(34,19-35)21-8-5-4-6-9-21/h4-6,8-9,11-12,15-16,25-26,35H,3,7,10,13-14,17-19H2,1-2H3/t25?,26?,28-/m1/s1. The summed E-state index contributed by atoms with van der Waals surface area (Å²) in [5.41, 5.74) is -0.244. The summed E-state index contributed by atoms with van der Waals surface area (Å²) in [5.74, 6) is -1.22. The molecular formula is C28H34F3N3O2. The third-order valence-corrected chi connectivity index (χ3v) is 7.41. The average molecular weight is 502 g/mol. The Morgan fingerprint density at radius 2 is 1.94 bits per heavy atom. The van der Waals surface area contributed by atoms with E-state index in [2.05, 4.69) is 11.8 Å². The van der Waals surface area contributed by atoms with Crippen molar-refractivity contribution in [3.05, 3.63) is 77.4 Å². The van der Waals surface area contributed by atoms with Gasteiger partial charge in [-0.05, 0) is 67.8 Å². The minimum absolute atomic E-state index is 0.0368. The number of aliphatic hydroxyl groups excluding tert-OH is 1. The summed E-state index contributed by atoms with van der Waals surface area (Å²) in [6.07, 6.45) is 2.64. The summed E-state index contributed by atoms with van der Waals surface area (Å²) in [6, 6.07) is 11.1.